The molecule has 0 fully saturated rings. The summed E-state index contributed by atoms with van der Waals surface area (Å²) in [7, 11) is 2.19. The molecule has 1 aromatic heterocycles. The molecule has 0 spiro atoms. The van der Waals surface area contributed by atoms with E-state index in [1.807, 2.05) is 11.3 Å². The summed E-state index contributed by atoms with van der Waals surface area (Å²) in [6.45, 7) is 8.45. The lowest BCUT2D eigenvalue weighted by Gasteiger charge is -2.15. The molecular weight excluding hydrogens is 276 g/mol. The summed E-state index contributed by atoms with van der Waals surface area (Å²) in [5.74, 6) is 0. The largest absolute Gasteiger partial charge is 0.312 e. The molecule has 2 rings (SSSR count). The Kier molecular flexibility index (Phi) is 6.43. The van der Waals surface area contributed by atoms with Crippen molar-refractivity contribution in [2.75, 3.05) is 13.6 Å². The van der Waals surface area contributed by atoms with E-state index in [1.54, 1.807) is 0 Å². The van der Waals surface area contributed by atoms with Gasteiger partial charge in [-0.15, -0.1) is 11.3 Å². The number of rotatable bonds is 8. The number of hydrogen-bond donors (Lipinski definition) is 1. The Hall–Kier alpha value is -1.16. The number of thiophene rings is 1. The van der Waals surface area contributed by atoms with Crippen molar-refractivity contribution in [3.8, 4) is 0 Å². The fourth-order valence-electron chi connectivity index (χ4n) is 2.32. The lowest BCUT2D eigenvalue weighted by atomic mass is 10.1. The normalized spacial score (nSPS) is 11.2. The second-order valence-electron chi connectivity index (χ2n) is 5.70. The van der Waals surface area contributed by atoms with Crippen LogP contribution in [0.15, 0.2) is 36.4 Å². The third-order valence-electron chi connectivity index (χ3n) is 3.44. The van der Waals surface area contributed by atoms with Crippen molar-refractivity contribution in [3.63, 3.8) is 0 Å². The summed E-state index contributed by atoms with van der Waals surface area (Å²) in [6.07, 6.45) is 1.19. The molecule has 3 heteroatoms. The van der Waals surface area contributed by atoms with Crippen molar-refractivity contribution >= 4 is 11.3 Å². The number of aryl methyl sites for hydroxylation is 1. The molecule has 0 unspecified atom stereocenters. The summed E-state index contributed by atoms with van der Waals surface area (Å²) < 4.78 is 0. The van der Waals surface area contributed by atoms with E-state index in [0.29, 0.717) is 0 Å². The van der Waals surface area contributed by atoms with Gasteiger partial charge in [-0.3, -0.25) is 4.90 Å². The van der Waals surface area contributed by atoms with Crippen LogP contribution in [0.1, 0.15) is 34.2 Å². The summed E-state index contributed by atoms with van der Waals surface area (Å²) in [5, 5.41) is 3.46. The van der Waals surface area contributed by atoms with Crippen LogP contribution in [-0.2, 0) is 19.6 Å². The van der Waals surface area contributed by atoms with Gasteiger partial charge in [0.2, 0.25) is 0 Å². The van der Waals surface area contributed by atoms with E-state index in [2.05, 4.69) is 67.5 Å². The summed E-state index contributed by atoms with van der Waals surface area (Å²) in [6, 6.07) is 13.3. The first kappa shape index (κ1) is 16.2. The number of nitrogens with zero attached hydrogens (tertiary/aromatic N) is 1. The molecule has 0 saturated carbocycles. The molecule has 21 heavy (non-hydrogen) atoms. The van der Waals surface area contributed by atoms with Crippen molar-refractivity contribution in [2.24, 2.45) is 0 Å². The van der Waals surface area contributed by atoms with Crippen molar-refractivity contribution in [2.45, 2.75) is 39.9 Å². The lowest BCUT2D eigenvalue weighted by Crippen LogP contribution is -2.16. The first-order chi connectivity index (χ1) is 10.2. The second kappa shape index (κ2) is 8.32. The van der Waals surface area contributed by atoms with E-state index < -0.39 is 0 Å². The molecule has 2 nitrogen and oxygen atoms in total. The topological polar surface area (TPSA) is 15.3 Å². The Bertz CT molecular complexity index is 530. The Morgan fingerprint density at radius 2 is 1.71 bits per heavy atom. The van der Waals surface area contributed by atoms with Crippen LogP contribution < -0.4 is 5.32 Å². The van der Waals surface area contributed by atoms with E-state index in [4.69, 9.17) is 0 Å². The van der Waals surface area contributed by atoms with Crippen molar-refractivity contribution in [1.82, 2.24) is 10.2 Å². The summed E-state index contributed by atoms with van der Waals surface area (Å²) in [5.41, 5.74) is 2.70. The maximum atomic E-state index is 3.46. The molecule has 1 aromatic carbocycles. The predicted molar refractivity (Wildman–Crippen MR) is 92.7 cm³/mol. The first-order valence-corrected chi connectivity index (χ1v) is 8.51. The molecule has 0 aliphatic heterocycles. The zero-order valence-corrected chi connectivity index (χ0v) is 14.2. The maximum Gasteiger partial charge on any atom is 0.0328 e. The van der Waals surface area contributed by atoms with Gasteiger partial charge in [-0.05, 0) is 44.6 Å². The summed E-state index contributed by atoms with van der Waals surface area (Å²) in [4.78, 5) is 5.25. The monoisotopic (exact) mass is 302 g/mol. The van der Waals surface area contributed by atoms with E-state index in [0.717, 1.165) is 26.2 Å². The Morgan fingerprint density at radius 3 is 2.43 bits per heavy atom. The molecule has 0 saturated heterocycles. The number of benzene rings is 1. The van der Waals surface area contributed by atoms with Gasteiger partial charge in [-0.25, -0.2) is 0 Å². The number of nitrogens with one attached hydrogen (secondary N) is 1. The minimum atomic E-state index is 1.00. The van der Waals surface area contributed by atoms with E-state index in [1.165, 1.54) is 27.3 Å². The van der Waals surface area contributed by atoms with Gasteiger partial charge in [-0.2, -0.15) is 0 Å². The molecule has 2 aromatic rings. The smallest absolute Gasteiger partial charge is 0.0328 e. The lowest BCUT2D eigenvalue weighted by molar-refractivity contribution is 0.322. The van der Waals surface area contributed by atoms with Crippen molar-refractivity contribution in [1.29, 1.82) is 0 Å². The van der Waals surface area contributed by atoms with Gasteiger partial charge in [0.25, 0.3) is 0 Å². The van der Waals surface area contributed by atoms with Crippen LogP contribution in [-0.4, -0.2) is 18.5 Å². The van der Waals surface area contributed by atoms with Gasteiger partial charge >= 0.3 is 0 Å². The third kappa shape index (κ3) is 5.62. The predicted octanol–water partition coefficient (Wildman–Crippen LogP) is 4.19. The van der Waals surface area contributed by atoms with Crippen LogP contribution in [0.25, 0.3) is 0 Å². The molecule has 0 atom stereocenters. The fraction of sp³-hybridized carbons (Fsp3) is 0.444. The Balaban J connectivity index is 1.82. The Labute approximate surface area is 132 Å². The van der Waals surface area contributed by atoms with Crippen LogP contribution in [0.5, 0.6) is 0 Å². The standard InChI is InChI=1S/C18H26N2S/c1-4-11-19-12-17-9-10-18(21-17)14-20(3)13-16-7-5-15(2)6-8-16/h5-10,19H,4,11-14H2,1-3H3. The van der Waals surface area contributed by atoms with E-state index in [-0.39, 0.29) is 0 Å². The van der Waals surface area contributed by atoms with Gasteiger partial charge in [0, 0.05) is 29.4 Å². The van der Waals surface area contributed by atoms with Gasteiger partial charge in [-0.1, -0.05) is 36.8 Å². The minimum absolute atomic E-state index is 1.00. The zero-order valence-electron chi connectivity index (χ0n) is 13.4. The van der Waals surface area contributed by atoms with E-state index >= 15 is 0 Å². The molecule has 0 bridgehead atoms. The second-order valence-corrected chi connectivity index (χ2v) is 6.96. The Morgan fingerprint density at radius 1 is 1.00 bits per heavy atom. The maximum absolute atomic E-state index is 3.46. The van der Waals surface area contributed by atoms with Crippen molar-refractivity contribution in [3.05, 3.63) is 57.3 Å². The quantitative estimate of drug-likeness (QED) is 0.736. The fourth-order valence-corrected chi connectivity index (χ4v) is 3.39. The van der Waals surface area contributed by atoms with Gasteiger partial charge < -0.3 is 5.32 Å². The molecule has 114 valence electrons. The van der Waals surface area contributed by atoms with Crippen LogP contribution in [0, 0.1) is 6.92 Å². The molecule has 0 aliphatic rings. The molecule has 1 heterocycles. The minimum Gasteiger partial charge on any atom is -0.312 e. The first-order valence-electron chi connectivity index (χ1n) is 7.69. The van der Waals surface area contributed by atoms with E-state index in [9.17, 15) is 0 Å². The molecule has 0 aliphatic carbocycles. The third-order valence-corrected chi connectivity index (χ3v) is 4.51. The highest BCUT2D eigenvalue weighted by atomic mass is 32.1. The highest BCUT2D eigenvalue weighted by molar-refractivity contribution is 7.11. The highest BCUT2D eigenvalue weighted by Crippen LogP contribution is 2.18. The zero-order chi connectivity index (χ0) is 15.1. The van der Waals surface area contributed by atoms with Crippen LogP contribution in [0.2, 0.25) is 0 Å². The highest BCUT2D eigenvalue weighted by Gasteiger charge is 2.05. The van der Waals surface area contributed by atoms with Crippen LogP contribution >= 0.6 is 11.3 Å². The van der Waals surface area contributed by atoms with Gasteiger partial charge in [0.1, 0.15) is 0 Å². The SMILES string of the molecule is CCCNCc1ccc(CN(C)Cc2ccc(C)cc2)s1. The average Bonchev–Trinajstić information content (AvgIpc) is 2.89. The molecular formula is C18H26N2S. The van der Waals surface area contributed by atoms with Gasteiger partial charge in [0.15, 0.2) is 0 Å². The summed E-state index contributed by atoms with van der Waals surface area (Å²) >= 11 is 1.92. The van der Waals surface area contributed by atoms with Crippen LogP contribution in [0.3, 0.4) is 0 Å². The molecule has 0 radical (unpaired) electrons. The van der Waals surface area contributed by atoms with Gasteiger partial charge in [0.05, 0.1) is 0 Å². The molecule has 0 amide bonds. The number of hydrogen-bond acceptors (Lipinski definition) is 3. The van der Waals surface area contributed by atoms with Crippen molar-refractivity contribution < 1.29 is 0 Å². The average molecular weight is 302 g/mol. The van der Waals surface area contributed by atoms with Crippen LogP contribution in [0.4, 0.5) is 0 Å². The molecule has 1 N–H and O–H groups in total.